The van der Waals surface area contributed by atoms with Gasteiger partial charge in [0.2, 0.25) is 0 Å². The van der Waals surface area contributed by atoms with Gasteiger partial charge in [0.1, 0.15) is 6.61 Å². The van der Waals surface area contributed by atoms with Crippen LogP contribution in [0.15, 0.2) is 47.8 Å². The maximum atomic E-state index is 6.47. The number of nitrogens with one attached hydrogen (secondary N) is 1. The van der Waals surface area contributed by atoms with Crippen molar-refractivity contribution in [2.75, 3.05) is 27.9 Å². The fourth-order valence-electron chi connectivity index (χ4n) is 3.05. The van der Waals surface area contributed by atoms with Crippen LogP contribution >= 0.6 is 22.9 Å². The van der Waals surface area contributed by atoms with Crippen molar-refractivity contribution in [1.29, 1.82) is 0 Å². The molecule has 0 unspecified atom stereocenters. The molecule has 0 atom stereocenters. The third-order valence-electron chi connectivity index (χ3n) is 4.60. The predicted octanol–water partition coefficient (Wildman–Crippen LogP) is 5.34. The van der Waals surface area contributed by atoms with E-state index in [0.717, 1.165) is 34.9 Å². The Morgan fingerprint density at radius 1 is 0.900 bits per heavy atom. The highest BCUT2D eigenvalue weighted by atomic mass is 35.5. The molecule has 1 N–H and O–H groups in total. The van der Waals surface area contributed by atoms with Gasteiger partial charge in [0.05, 0.1) is 26.4 Å². The number of thiophene rings is 1. The second-order valence-corrected chi connectivity index (χ2v) is 8.03. The maximum Gasteiger partial charge on any atom is 0.180 e. The number of rotatable bonds is 11. The Labute approximate surface area is 186 Å². The van der Waals surface area contributed by atoms with Crippen molar-refractivity contribution < 1.29 is 18.9 Å². The minimum atomic E-state index is 0.469. The molecule has 0 aliphatic carbocycles. The summed E-state index contributed by atoms with van der Waals surface area (Å²) in [5.74, 6) is 2.68. The standard InChI is InChI=1S/C23H26ClNO4S/c1-26-20-7-6-16(12-21(20)27-2)8-9-25-14-17-11-19(24)23(22(13-17)28-3)29-15-18-5-4-10-30-18/h4-7,10-13,25H,8-9,14-15H2,1-3H3. The second kappa shape index (κ2) is 11.1. The van der Waals surface area contributed by atoms with Gasteiger partial charge in [0.25, 0.3) is 0 Å². The summed E-state index contributed by atoms with van der Waals surface area (Å²) in [6, 6.07) is 13.9. The number of hydrogen-bond donors (Lipinski definition) is 1. The summed E-state index contributed by atoms with van der Waals surface area (Å²) in [6.45, 7) is 1.96. The monoisotopic (exact) mass is 447 g/mol. The van der Waals surface area contributed by atoms with Crippen LogP contribution in [0.5, 0.6) is 23.0 Å². The molecule has 2 aromatic carbocycles. The number of hydrogen-bond acceptors (Lipinski definition) is 6. The number of benzene rings is 2. The van der Waals surface area contributed by atoms with Crippen molar-refractivity contribution in [1.82, 2.24) is 5.32 Å². The lowest BCUT2D eigenvalue weighted by molar-refractivity contribution is 0.287. The van der Waals surface area contributed by atoms with Crippen LogP contribution in [0, 0.1) is 0 Å². The van der Waals surface area contributed by atoms with Gasteiger partial charge in [-0.25, -0.2) is 0 Å². The van der Waals surface area contributed by atoms with Gasteiger partial charge in [-0.05, 0) is 59.8 Å². The summed E-state index contributed by atoms with van der Waals surface area (Å²) in [6.07, 6.45) is 0.868. The van der Waals surface area contributed by atoms with E-state index < -0.39 is 0 Å². The minimum Gasteiger partial charge on any atom is -0.493 e. The Bertz CT molecular complexity index is 947. The average molecular weight is 448 g/mol. The van der Waals surface area contributed by atoms with E-state index in [1.807, 2.05) is 47.8 Å². The van der Waals surface area contributed by atoms with Gasteiger partial charge in [-0.1, -0.05) is 23.7 Å². The Hall–Kier alpha value is -2.41. The zero-order chi connectivity index (χ0) is 21.3. The van der Waals surface area contributed by atoms with Crippen molar-refractivity contribution in [3.63, 3.8) is 0 Å². The van der Waals surface area contributed by atoms with Crippen molar-refractivity contribution in [3.8, 4) is 23.0 Å². The van der Waals surface area contributed by atoms with Crippen LogP contribution in [-0.4, -0.2) is 27.9 Å². The molecular formula is C23H26ClNO4S. The summed E-state index contributed by atoms with van der Waals surface area (Å²) in [5, 5.41) is 6.01. The van der Waals surface area contributed by atoms with Crippen molar-refractivity contribution >= 4 is 22.9 Å². The summed E-state index contributed by atoms with van der Waals surface area (Å²) in [7, 11) is 4.90. The summed E-state index contributed by atoms with van der Waals surface area (Å²) in [5.41, 5.74) is 2.21. The first-order chi connectivity index (χ1) is 14.6. The highest BCUT2D eigenvalue weighted by molar-refractivity contribution is 7.09. The van der Waals surface area contributed by atoms with E-state index in [0.29, 0.717) is 29.7 Å². The van der Waals surface area contributed by atoms with Crippen LogP contribution in [0.25, 0.3) is 0 Å². The van der Waals surface area contributed by atoms with E-state index in [1.165, 1.54) is 5.56 Å². The predicted molar refractivity (Wildman–Crippen MR) is 122 cm³/mol. The molecule has 0 radical (unpaired) electrons. The molecule has 3 aromatic rings. The highest BCUT2D eigenvalue weighted by Gasteiger charge is 2.13. The lowest BCUT2D eigenvalue weighted by Gasteiger charge is -2.14. The molecule has 0 spiro atoms. The SMILES string of the molecule is COc1ccc(CCNCc2cc(Cl)c(OCc3cccs3)c(OC)c2)cc1OC. The van der Waals surface area contributed by atoms with Gasteiger partial charge in [-0.2, -0.15) is 0 Å². The van der Waals surface area contributed by atoms with E-state index in [1.54, 1.807) is 32.7 Å². The quantitative estimate of drug-likeness (QED) is 0.402. The molecule has 30 heavy (non-hydrogen) atoms. The largest absolute Gasteiger partial charge is 0.493 e. The fraction of sp³-hybridized carbons (Fsp3) is 0.304. The number of ether oxygens (including phenoxy) is 4. The third kappa shape index (κ3) is 5.81. The van der Waals surface area contributed by atoms with Gasteiger partial charge in [-0.15, -0.1) is 11.3 Å². The van der Waals surface area contributed by atoms with Gasteiger partial charge in [0.15, 0.2) is 23.0 Å². The third-order valence-corrected chi connectivity index (χ3v) is 5.73. The van der Waals surface area contributed by atoms with Crippen molar-refractivity contribution in [2.45, 2.75) is 19.6 Å². The van der Waals surface area contributed by atoms with Crippen LogP contribution < -0.4 is 24.3 Å². The molecule has 0 saturated carbocycles. The molecule has 160 valence electrons. The zero-order valence-electron chi connectivity index (χ0n) is 17.4. The lowest BCUT2D eigenvalue weighted by atomic mass is 10.1. The summed E-state index contributed by atoms with van der Waals surface area (Å²) < 4.78 is 22.0. The van der Waals surface area contributed by atoms with Crippen LogP contribution in [0.3, 0.4) is 0 Å². The first-order valence-corrected chi connectivity index (χ1v) is 10.8. The molecule has 0 saturated heterocycles. The van der Waals surface area contributed by atoms with Crippen LogP contribution in [-0.2, 0) is 19.6 Å². The Morgan fingerprint density at radius 3 is 2.37 bits per heavy atom. The number of methoxy groups -OCH3 is 3. The van der Waals surface area contributed by atoms with Gasteiger partial charge >= 0.3 is 0 Å². The molecule has 0 bridgehead atoms. The van der Waals surface area contributed by atoms with E-state index in [-0.39, 0.29) is 0 Å². The second-order valence-electron chi connectivity index (χ2n) is 6.59. The molecule has 0 aliphatic rings. The first kappa shape index (κ1) is 22.3. The minimum absolute atomic E-state index is 0.469. The maximum absolute atomic E-state index is 6.47. The Morgan fingerprint density at radius 2 is 1.67 bits per heavy atom. The topological polar surface area (TPSA) is 49.0 Å². The highest BCUT2D eigenvalue weighted by Crippen LogP contribution is 2.37. The van der Waals surface area contributed by atoms with Gasteiger partial charge in [-0.3, -0.25) is 0 Å². The molecule has 3 rings (SSSR count). The Balaban J connectivity index is 1.55. The molecule has 5 nitrogen and oxygen atoms in total. The van der Waals surface area contributed by atoms with Crippen LogP contribution in [0.2, 0.25) is 5.02 Å². The molecular weight excluding hydrogens is 422 g/mol. The van der Waals surface area contributed by atoms with Gasteiger partial charge in [0, 0.05) is 11.4 Å². The number of halogens is 1. The summed E-state index contributed by atoms with van der Waals surface area (Å²) in [4.78, 5) is 1.13. The van der Waals surface area contributed by atoms with Crippen LogP contribution in [0.4, 0.5) is 0 Å². The summed E-state index contributed by atoms with van der Waals surface area (Å²) >= 11 is 8.12. The Kier molecular flexibility index (Phi) is 8.25. The molecule has 1 aromatic heterocycles. The van der Waals surface area contributed by atoms with E-state index in [4.69, 9.17) is 30.5 Å². The molecule has 1 heterocycles. The first-order valence-electron chi connectivity index (χ1n) is 9.57. The molecule has 0 amide bonds. The van der Waals surface area contributed by atoms with Crippen LogP contribution in [0.1, 0.15) is 16.0 Å². The fourth-order valence-corrected chi connectivity index (χ4v) is 3.96. The van der Waals surface area contributed by atoms with E-state index in [9.17, 15) is 0 Å². The lowest BCUT2D eigenvalue weighted by Crippen LogP contribution is -2.17. The van der Waals surface area contributed by atoms with E-state index >= 15 is 0 Å². The van der Waals surface area contributed by atoms with E-state index in [2.05, 4.69) is 5.32 Å². The molecule has 0 aliphatic heterocycles. The zero-order valence-corrected chi connectivity index (χ0v) is 18.9. The smallest absolute Gasteiger partial charge is 0.180 e. The molecule has 7 heteroatoms. The van der Waals surface area contributed by atoms with Gasteiger partial charge < -0.3 is 24.3 Å². The molecule has 0 fully saturated rings. The normalized spacial score (nSPS) is 10.7. The van der Waals surface area contributed by atoms with Crippen molar-refractivity contribution in [3.05, 3.63) is 68.9 Å². The van der Waals surface area contributed by atoms with Crippen molar-refractivity contribution in [2.24, 2.45) is 0 Å². The average Bonchev–Trinajstić information content (AvgIpc) is 3.29.